The highest BCUT2D eigenvalue weighted by Crippen LogP contribution is 2.36. The summed E-state index contributed by atoms with van der Waals surface area (Å²) in [6, 6.07) is 10.5. The van der Waals surface area contributed by atoms with E-state index in [4.69, 9.17) is 9.26 Å². The van der Waals surface area contributed by atoms with Crippen molar-refractivity contribution in [2.24, 2.45) is 0 Å². The van der Waals surface area contributed by atoms with Gasteiger partial charge in [-0.1, -0.05) is 41.9 Å². The maximum Gasteiger partial charge on any atom is 0.229 e. The van der Waals surface area contributed by atoms with Crippen molar-refractivity contribution in [2.45, 2.75) is 50.9 Å². The van der Waals surface area contributed by atoms with Gasteiger partial charge in [-0.05, 0) is 25.3 Å². The maximum atomic E-state index is 6.06. The first kappa shape index (κ1) is 14.8. The second-order valence-electron chi connectivity index (χ2n) is 6.73. The van der Waals surface area contributed by atoms with Gasteiger partial charge in [0.1, 0.15) is 6.10 Å². The molecule has 122 valence electrons. The Hall–Kier alpha value is -1.72. The Labute approximate surface area is 136 Å². The standard InChI is InChI=1S/C18H23N3O2/c1-13-10-21(11-14-6-3-2-4-7-14)12-16(22-13)17-19-18(23-20-17)15-8-5-9-15/h2-4,6-7,13,15-16H,5,8-12H2,1H3/t13-,16-/m1/s1. The lowest BCUT2D eigenvalue weighted by Crippen LogP contribution is -2.42. The molecule has 0 radical (unpaired) electrons. The van der Waals surface area contributed by atoms with Crippen LogP contribution in [0, 0.1) is 0 Å². The van der Waals surface area contributed by atoms with Gasteiger partial charge < -0.3 is 9.26 Å². The molecule has 2 atom stereocenters. The predicted molar refractivity (Wildman–Crippen MR) is 85.9 cm³/mol. The van der Waals surface area contributed by atoms with Crippen LogP contribution in [0.5, 0.6) is 0 Å². The third-order valence-electron chi connectivity index (χ3n) is 4.78. The van der Waals surface area contributed by atoms with Crippen molar-refractivity contribution in [3.05, 3.63) is 47.6 Å². The summed E-state index contributed by atoms with van der Waals surface area (Å²) in [6.07, 6.45) is 3.68. The zero-order valence-corrected chi connectivity index (χ0v) is 13.5. The van der Waals surface area contributed by atoms with E-state index in [1.54, 1.807) is 0 Å². The van der Waals surface area contributed by atoms with E-state index in [-0.39, 0.29) is 12.2 Å². The van der Waals surface area contributed by atoms with Crippen LogP contribution in [-0.2, 0) is 11.3 Å². The van der Waals surface area contributed by atoms with Gasteiger partial charge in [-0.25, -0.2) is 0 Å². The fourth-order valence-electron chi connectivity index (χ4n) is 3.35. The molecule has 0 N–H and O–H groups in total. The van der Waals surface area contributed by atoms with Gasteiger partial charge >= 0.3 is 0 Å². The van der Waals surface area contributed by atoms with E-state index < -0.39 is 0 Å². The summed E-state index contributed by atoms with van der Waals surface area (Å²) < 4.78 is 11.5. The number of morpholine rings is 1. The molecule has 2 aliphatic rings. The SMILES string of the molecule is C[C@@H]1CN(Cc2ccccc2)C[C@H](c2noc(C3CCC3)n2)O1. The molecule has 5 heteroatoms. The van der Waals surface area contributed by atoms with Crippen molar-refractivity contribution >= 4 is 0 Å². The third-order valence-corrected chi connectivity index (χ3v) is 4.78. The minimum Gasteiger partial charge on any atom is -0.364 e. The maximum absolute atomic E-state index is 6.06. The average Bonchev–Trinajstić information content (AvgIpc) is 2.95. The minimum absolute atomic E-state index is 0.0972. The number of rotatable bonds is 4. The highest BCUT2D eigenvalue weighted by atomic mass is 16.5. The first-order valence-electron chi connectivity index (χ1n) is 8.53. The van der Waals surface area contributed by atoms with Crippen LogP contribution in [0.1, 0.15) is 55.5 Å². The molecular weight excluding hydrogens is 290 g/mol. The number of hydrogen-bond donors (Lipinski definition) is 0. The van der Waals surface area contributed by atoms with E-state index in [9.17, 15) is 0 Å². The lowest BCUT2D eigenvalue weighted by atomic mass is 9.85. The molecular formula is C18H23N3O2. The van der Waals surface area contributed by atoms with Crippen molar-refractivity contribution in [3.63, 3.8) is 0 Å². The van der Waals surface area contributed by atoms with Crippen molar-refractivity contribution in [2.75, 3.05) is 13.1 Å². The van der Waals surface area contributed by atoms with Gasteiger partial charge in [0.2, 0.25) is 11.7 Å². The number of benzene rings is 1. The van der Waals surface area contributed by atoms with Gasteiger partial charge in [0, 0.05) is 25.6 Å². The molecule has 5 nitrogen and oxygen atoms in total. The molecule has 2 fully saturated rings. The topological polar surface area (TPSA) is 51.4 Å². The van der Waals surface area contributed by atoms with Crippen molar-refractivity contribution in [1.82, 2.24) is 15.0 Å². The Bertz CT molecular complexity index is 639. The fraction of sp³-hybridized carbons (Fsp3) is 0.556. The van der Waals surface area contributed by atoms with E-state index in [0.717, 1.165) is 25.5 Å². The molecule has 0 spiro atoms. The summed E-state index contributed by atoms with van der Waals surface area (Å²) in [5, 5.41) is 4.18. The first-order chi connectivity index (χ1) is 11.3. The van der Waals surface area contributed by atoms with Crippen LogP contribution in [0.2, 0.25) is 0 Å². The minimum atomic E-state index is -0.0972. The molecule has 2 heterocycles. The summed E-state index contributed by atoms with van der Waals surface area (Å²) in [4.78, 5) is 7.01. The van der Waals surface area contributed by atoms with E-state index in [1.807, 2.05) is 0 Å². The quantitative estimate of drug-likeness (QED) is 0.867. The molecule has 0 unspecified atom stereocenters. The Morgan fingerprint density at radius 2 is 2.00 bits per heavy atom. The molecule has 1 aliphatic carbocycles. The molecule has 1 saturated heterocycles. The van der Waals surface area contributed by atoms with E-state index >= 15 is 0 Å². The number of nitrogens with zero attached hydrogens (tertiary/aromatic N) is 3. The van der Waals surface area contributed by atoms with Crippen LogP contribution in [-0.4, -0.2) is 34.2 Å². The van der Waals surface area contributed by atoms with E-state index in [1.165, 1.54) is 24.8 Å². The van der Waals surface area contributed by atoms with Crippen molar-refractivity contribution in [3.8, 4) is 0 Å². The molecule has 0 amide bonds. The monoisotopic (exact) mass is 313 g/mol. The van der Waals surface area contributed by atoms with Crippen LogP contribution in [0.4, 0.5) is 0 Å². The van der Waals surface area contributed by atoms with Crippen molar-refractivity contribution < 1.29 is 9.26 Å². The summed E-state index contributed by atoms with van der Waals surface area (Å²) in [5.41, 5.74) is 1.32. The second-order valence-corrected chi connectivity index (χ2v) is 6.73. The van der Waals surface area contributed by atoms with Gasteiger partial charge in [-0.3, -0.25) is 4.90 Å². The van der Waals surface area contributed by atoms with Crippen molar-refractivity contribution in [1.29, 1.82) is 0 Å². The molecule has 1 aliphatic heterocycles. The Kier molecular flexibility index (Phi) is 4.14. The predicted octanol–water partition coefficient (Wildman–Crippen LogP) is 3.30. The molecule has 0 bridgehead atoms. The largest absolute Gasteiger partial charge is 0.364 e. The van der Waals surface area contributed by atoms with Gasteiger partial charge in [-0.2, -0.15) is 4.98 Å². The van der Waals surface area contributed by atoms with Gasteiger partial charge in [-0.15, -0.1) is 0 Å². The van der Waals surface area contributed by atoms with Gasteiger partial charge in [0.05, 0.1) is 6.10 Å². The molecule has 4 rings (SSSR count). The molecule has 1 aromatic heterocycles. The Balaban J connectivity index is 1.44. The van der Waals surface area contributed by atoms with Crippen LogP contribution >= 0.6 is 0 Å². The number of aromatic nitrogens is 2. The normalized spacial score (nSPS) is 26.1. The van der Waals surface area contributed by atoms with Crippen LogP contribution < -0.4 is 0 Å². The average molecular weight is 313 g/mol. The van der Waals surface area contributed by atoms with Crippen LogP contribution in [0.3, 0.4) is 0 Å². The smallest absolute Gasteiger partial charge is 0.229 e. The molecule has 1 saturated carbocycles. The molecule has 1 aromatic carbocycles. The summed E-state index contributed by atoms with van der Waals surface area (Å²) in [7, 11) is 0. The van der Waals surface area contributed by atoms with E-state index in [0.29, 0.717) is 11.7 Å². The molecule has 2 aromatic rings. The van der Waals surface area contributed by atoms with Gasteiger partial charge in [0.25, 0.3) is 0 Å². The Morgan fingerprint density at radius 3 is 2.74 bits per heavy atom. The van der Waals surface area contributed by atoms with Crippen LogP contribution in [0.15, 0.2) is 34.9 Å². The lowest BCUT2D eigenvalue weighted by Gasteiger charge is -2.35. The fourth-order valence-corrected chi connectivity index (χ4v) is 3.35. The van der Waals surface area contributed by atoms with Gasteiger partial charge in [0.15, 0.2) is 0 Å². The third kappa shape index (κ3) is 3.31. The Morgan fingerprint density at radius 1 is 1.17 bits per heavy atom. The first-order valence-corrected chi connectivity index (χ1v) is 8.53. The van der Waals surface area contributed by atoms with E-state index in [2.05, 4.69) is 52.3 Å². The summed E-state index contributed by atoms with van der Waals surface area (Å²) >= 11 is 0. The zero-order valence-electron chi connectivity index (χ0n) is 13.5. The lowest BCUT2D eigenvalue weighted by molar-refractivity contribution is -0.0856. The van der Waals surface area contributed by atoms with Crippen LogP contribution in [0.25, 0.3) is 0 Å². The molecule has 23 heavy (non-hydrogen) atoms. The second kappa shape index (κ2) is 6.42. The summed E-state index contributed by atoms with van der Waals surface area (Å²) in [5.74, 6) is 1.97. The summed E-state index contributed by atoms with van der Waals surface area (Å²) in [6.45, 7) is 4.77. The number of ether oxygens (including phenoxy) is 1. The highest BCUT2D eigenvalue weighted by Gasteiger charge is 2.32. The zero-order chi connectivity index (χ0) is 15.6. The number of hydrogen-bond acceptors (Lipinski definition) is 5. The highest BCUT2D eigenvalue weighted by molar-refractivity contribution is 5.14.